The van der Waals surface area contributed by atoms with Gasteiger partial charge in [0.25, 0.3) is 0 Å². The number of benzene rings is 1. The Hall–Kier alpha value is -2.10. The van der Waals surface area contributed by atoms with E-state index in [1.165, 1.54) is 11.1 Å². The van der Waals surface area contributed by atoms with Crippen molar-refractivity contribution in [1.29, 1.82) is 0 Å². The molecule has 4 heteroatoms. The van der Waals surface area contributed by atoms with Crippen LogP contribution in [0.5, 0.6) is 0 Å². The molecule has 0 aliphatic heterocycles. The van der Waals surface area contributed by atoms with Gasteiger partial charge in [0.05, 0.1) is 11.6 Å². The van der Waals surface area contributed by atoms with Gasteiger partial charge in [-0.25, -0.2) is 0 Å². The highest BCUT2D eigenvalue weighted by atomic mass is 16.2. The molecule has 0 saturated carbocycles. The quantitative estimate of drug-likeness (QED) is 0.942. The molecule has 4 nitrogen and oxygen atoms in total. The lowest BCUT2D eigenvalue weighted by Gasteiger charge is -2.13. The third-order valence-electron chi connectivity index (χ3n) is 4.61. The van der Waals surface area contributed by atoms with Gasteiger partial charge in [0.1, 0.15) is 5.82 Å². The number of aryl methyl sites for hydroxylation is 3. The van der Waals surface area contributed by atoms with Crippen LogP contribution in [-0.4, -0.2) is 15.7 Å². The molecule has 1 aromatic heterocycles. The average molecular weight is 297 g/mol. The van der Waals surface area contributed by atoms with Crippen molar-refractivity contribution in [3.8, 4) is 0 Å². The monoisotopic (exact) mass is 297 g/mol. The van der Waals surface area contributed by atoms with E-state index in [1.807, 2.05) is 19.2 Å². The van der Waals surface area contributed by atoms with Crippen LogP contribution in [0.1, 0.15) is 48.6 Å². The molecule has 3 rings (SSSR count). The Bertz CT molecular complexity index is 702. The third-order valence-corrected chi connectivity index (χ3v) is 4.61. The Labute approximate surface area is 131 Å². The zero-order chi connectivity index (χ0) is 15.7. The summed E-state index contributed by atoms with van der Waals surface area (Å²) < 4.78 is 1.80. The Morgan fingerprint density at radius 2 is 2.09 bits per heavy atom. The number of anilines is 1. The number of carbonyl (C=O) groups excluding carboxylic acids is 1. The van der Waals surface area contributed by atoms with Crippen LogP contribution >= 0.6 is 0 Å². The molecular weight excluding hydrogens is 274 g/mol. The van der Waals surface area contributed by atoms with Crippen molar-refractivity contribution in [3.63, 3.8) is 0 Å². The molecule has 0 saturated heterocycles. The van der Waals surface area contributed by atoms with Gasteiger partial charge in [-0.15, -0.1) is 0 Å². The first-order valence-corrected chi connectivity index (χ1v) is 8.09. The Morgan fingerprint density at radius 3 is 2.82 bits per heavy atom. The van der Waals surface area contributed by atoms with Crippen LogP contribution in [0.2, 0.25) is 0 Å². The number of carbonyl (C=O) groups is 1. The van der Waals surface area contributed by atoms with Gasteiger partial charge in [0, 0.05) is 12.6 Å². The first-order valence-electron chi connectivity index (χ1n) is 8.09. The summed E-state index contributed by atoms with van der Waals surface area (Å²) in [5, 5.41) is 7.65. The van der Waals surface area contributed by atoms with E-state index in [0.717, 1.165) is 42.8 Å². The second kappa shape index (κ2) is 5.95. The largest absolute Gasteiger partial charge is 0.310 e. The Balaban J connectivity index is 1.86. The van der Waals surface area contributed by atoms with E-state index in [1.54, 1.807) is 4.68 Å². The molecule has 1 aromatic carbocycles. The molecular formula is C18H23N3O. The predicted molar refractivity (Wildman–Crippen MR) is 88.1 cm³/mol. The van der Waals surface area contributed by atoms with Crippen molar-refractivity contribution in [2.45, 2.75) is 45.4 Å². The maximum atomic E-state index is 12.7. The number of rotatable bonds is 4. The van der Waals surface area contributed by atoms with Gasteiger partial charge in [-0.1, -0.05) is 38.1 Å². The molecule has 22 heavy (non-hydrogen) atoms. The average Bonchev–Trinajstić information content (AvgIpc) is 3.09. The fraction of sp³-hybridized carbons (Fsp3) is 0.444. The highest BCUT2D eigenvalue weighted by molar-refractivity contribution is 5.96. The van der Waals surface area contributed by atoms with E-state index in [4.69, 9.17) is 0 Å². The van der Waals surface area contributed by atoms with Crippen molar-refractivity contribution in [2.75, 3.05) is 5.32 Å². The highest BCUT2D eigenvalue weighted by Crippen LogP contribution is 2.34. The van der Waals surface area contributed by atoms with Crippen molar-refractivity contribution in [3.05, 3.63) is 46.6 Å². The number of fused-ring (bicyclic) bond motifs is 1. The first kappa shape index (κ1) is 14.8. The molecule has 1 atom stereocenters. The van der Waals surface area contributed by atoms with E-state index in [-0.39, 0.29) is 11.8 Å². The molecule has 2 aromatic rings. The normalized spacial score (nSPS) is 16.6. The summed E-state index contributed by atoms with van der Waals surface area (Å²) in [6.07, 6.45) is 3.65. The lowest BCUT2D eigenvalue weighted by Crippen LogP contribution is -2.21. The molecule has 0 bridgehead atoms. The smallest absolute Gasteiger partial charge is 0.233 e. The minimum Gasteiger partial charge on any atom is -0.310 e. The highest BCUT2D eigenvalue weighted by Gasteiger charge is 2.29. The summed E-state index contributed by atoms with van der Waals surface area (Å²) in [5.41, 5.74) is 4.71. The van der Waals surface area contributed by atoms with Crippen molar-refractivity contribution < 1.29 is 4.79 Å². The summed E-state index contributed by atoms with van der Waals surface area (Å²) >= 11 is 0. The number of hydrogen-bond acceptors (Lipinski definition) is 2. The third kappa shape index (κ3) is 2.43. The summed E-state index contributed by atoms with van der Waals surface area (Å²) in [6.45, 7) is 4.21. The van der Waals surface area contributed by atoms with Gasteiger partial charge < -0.3 is 5.32 Å². The van der Waals surface area contributed by atoms with E-state index in [9.17, 15) is 4.79 Å². The summed E-state index contributed by atoms with van der Waals surface area (Å²) in [6, 6.07) is 8.26. The van der Waals surface area contributed by atoms with Crippen LogP contribution in [0.4, 0.5) is 5.82 Å². The van der Waals surface area contributed by atoms with E-state index < -0.39 is 0 Å². The van der Waals surface area contributed by atoms with Gasteiger partial charge >= 0.3 is 0 Å². The van der Waals surface area contributed by atoms with E-state index >= 15 is 0 Å². The Morgan fingerprint density at radius 1 is 1.32 bits per heavy atom. The maximum Gasteiger partial charge on any atom is 0.233 e. The number of nitrogens with zero attached hydrogens (tertiary/aromatic N) is 2. The molecule has 0 fully saturated rings. The van der Waals surface area contributed by atoms with Crippen molar-refractivity contribution >= 4 is 11.7 Å². The molecule has 1 heterocycles. The molecule has 1 N–H and O–H groups in total. The van der Waals surface area contributed by atoms with Gasteiger partial charge in [-0.3, -0.25) is 9.48 Å². The molecule has 1 aliphatic rings. The second-order valence-electron chi connectivity index (χ2n) is 5.88. The molecule has 1 aliphatic carbocycles. The van der Waals surface area contributed by atoms with Crippen LogP contribution in [0.25, 0.3) is 0 Å². The van der Waals surface area contributed by atoms with E-state index in [2.05, 4.69) is 36.4 Å². The lowest BCUT2D eigenvalue weighted by atomic mass is 10.0. The number of nitrogens with one attached hydrogen (secondary N) is 1. The zero-order valence-electron chi connectivity index (χ0n) is 13.5. The zero-order valence-corrected chi connectivity index (χ0v) is 13.5. The van der Waals surface area contributed by atoms with Gasteiger partial charge in [-0.2, -0.15) is 5.10 Å². The van der Waals surface area contributed by atoms with E-state index in [0.29, 0.717) is 0 Å². The molecule has 1 amide bonds. The fourth-order valence-electron chi connectivity index (χ4n) is 3.47. The van der Waals surface area contributed by atoms with Crippen LogP contribution in [0.15, 0.2) is 24.3 Å². The van der Waals surface area contributed by atoms with Gasteiger partial charge in [0.2, 0.25) is 5.91 Å². The SMILES string of the molecule is CCc1nn(C)c(NC(=O)C2CCc3ccccc32)c1CC. The fourth-order valence-corrected chi connectivity index (χ4v) is 3.47. The summed E-state index contributed by atoms with van der Waals surface area (Å²) in [5.74, 6) is 0.903. The number of amides is 1. The predicted octanol–water partition coefficient (Wildman–Crippen LogP) is 3.21. The Kier molecular flexibility index (Phi) is 4.01. The van der Waals surface area contributed by atoms with Crippen molar-refractivity contribution in [2.24, 2.45) is 7.05 Å². The second-order valence-corrected chi connectivity index (χ2v) is 5.88. The molecule has 0 spiro atoms. The molecule has 116 valence electrons. The van der Waals surface area contributed by atoms with Gasteiger partial charge in [0.15, 0.2) is 0 Å². The first-order chi connectivity index (χ1) is 10.7. The van der Waals surface area contributed by atoms with Crippen molar-refractivity contribution in [1.82, 2.24) is 9.78 Å². The minimum atomic E-state index is -0.0408. The van der Waals surface area contributed by atoms with Crippen LogP contribution < -0.4 is 5.32 Å². The van der Waals surface area contributed by atoms with Crippen LogP contribution in [-0.2, 0) is 31.1 Å². The minimum absolute atomic E-state index is 0.0408. The maximum absolute atomic E-state index is 12.7. The number of hydrogen-bond donors (Lipinski definition) is 1. The van der Waals surface area contributed by atoms with Crippen LogP contribution in [0.3, 0.4) is 0 Å². The summed E-state index contributed by atoms with van der Waals surface area (Å²) in [4.78, 5) is 12.7. The summed E-state index contributed by atoms with van der Waals surface area (Å²) in [7, 11) is 1.90. The molecule has 1 unspecified atom stereocenters. The standard InChI is InChI=1S/C18H23N3O/c1-4-13-16(5-2)20-21(3)17(13)19-18(22)15-11-10-12-8-6-7-9-14(12)15/h6-9,15H,4-5,10-11H2,1-3H3,(H,19,22). The van der Waals surface area contributed by atoms with Crippen LogP contribution in [0, 0.1) is 0 Å². The molecule has 0 radical (unpaired) electrons. The van der Waals surface area contributed by atoms with Gasteiger partial charge in [-0.05, 0) is 36.8 Å². The lowest BCUT2D eigenvalue weighted by molar-refractivity contribution is -0.117. The number of aromatic nitrogens is 2. The topological polar surface area (TPSA) is 46.9 Å².